The van der Waals surface area contributed by atoms with Gasteiger partial charge in [-0.25, -0.2) is 4.98 Å². The van der Waals surface area contributed by atoms with Crippen LogP contribution in [0.2, 0.25) is 0 Å². The summed E-state index contributed by atoms with van der Waals surface area (Å²) in [7, 11) is 0. The predicted molar refractivity (Wildman–Crippen MR) is 131 cm³/mol. The maximum absolute atomic E-state index is 13.9. The number of benzene rings is 3. The molecule has 1 saturated heterocycles. The molecule has 0 bridgehead atoms. The lowest BCUT2D eigenvalue weighted by atomic mass is 9.90. The Morgan fingerprint density at radius 3 is 2.33 bits per heavy atom. The van der Waals surface area contributed by atoms with E-state index in [2.05, 4.69) is 14.9 Å². The number of aromatic amines is 1. The van der Waals surface area contributed by atoms with E-state index in [9.17, 15) is 18.0 Å². The van der Waals surface area contributed by atoms with Gasteiger partial charge in [-0.1, -0.05) is 66.7 Å². The Balaban J connectivity index is 1.33. The molecule has 36 heavy (non-hydrogen) atoms. The Hall–Kier alpha value is -3.91. The highest BCUT2D eigenvalue weighted by Gasteiger charge is 2.34. The minimum absolute atomic E-state index is 0.139. The first kappa shape index (κ1) is 23.8. The lowest BCUT2D eigenvalue weighted by molar-refractivity contribution is -0.138. The molecular formula is C28H24F3N3O2. The zero-order chi connectivity index (χ0) is 25.3. The smallest absolute Gasteiger partial charge is 0.417 e. The van der Waals surface area contributed by atoms with Crippen LogP contribution in [-0.4, -0.2) is 45.6 Å². The predicted octanol–water partition coefficient (Wildman–Crippen LogP) is 6.30. The quantitative estimate of drug-likeness (QED) is 0.318. The van der Waals surface area contributed by atoms with E-state index >= 15 is 0 Å². The van der Waals surface area contributed by atoms with E-state index in [1.807, 2.05) is 24.3 Å². The van der Waals surface area contributed by atoms with Crippen LogP contribution in [0.15, 0.2) is 79.0 Å². The molecule has 1 aromatic heterocycles. The molecule has 184 valence electrons. The number of hydrogen-bond acceptors (Lipinski definition) is 3. The normalized spacial score (nSPS) is 14.5. The molecule has 0 spiro atoms. The number of H-pyrrole nitrogens is 1. The van der Waals surface area contributed by atoms with Gasteiger partial charge in [0.1, 0.15) is 5.82 Å². The second-order valence-corrected chi connectivity index (χ2v) is 8.99. The number of alkyl halides is 3. The van der Waals surface area contributed by atoms with Gasteiger partial charge in [0, 0.05) is 36.7 Å². The number of nitrogens with one attached hydrogen (secondary N) is 1. The number of carbonyl (C=O) groups is 1. The van der Waals surface area contributed by atoms with Crippen molar-refractivity contribution in [3.05, 3.63) is 90.1 Å². The van der Waals surface area contributed by atoms with Gasteiger partial charge in [-0.05, 0) is 22.8 Å². The van der Waals surface area contributed by atoms with Crippen LogP contribution in [0.3, 0.4) is 0 Å². The summed E-state index contributed by atoms with van der Waals surface area (Å²) in [4.78, 5) is 20.4. The largest absolute Gasteiger partial charge is 0.481 e. The van der Waals surface area contributed by atoms with Crippen molar-refractivity contribution in [3.63, 3.8) is 0 Å². The molecule has 0 atom stereocenters. The van der Waals surface area contributed by atoms with Crippen LogP contribution in [0.5, 0.6) is 0 Å². The molecule has 1 fully saturated rings. The standard InChI is InChI=1S/C28H24F3N3O2/c29-28(30,31)24-14-21(10-11-23(24)19-4-2-1-3-5-19)25-15-32-27(33-25)20-8-6-18(7-9-20)22-16-34(17-22)13-12-26(35)36/h1-11,14-15,22H,12-13,16-17H2,(H,32,33)(H,35,36). The third kappa shape index (κ3) is 5.04. The van der Waals surface area contributed by atoms with Crippen molar-refractivity contribution < 1.29 is 23.1 Å². The van der Waals surface area contributed by atoms with Gasteiger partial charge in [0.25, 0.3) is 0 Å². The van der Waals surface area contributed by atoms with E-state index < -0.39 is 17.7 Å². The van der Waals surface area contributed by atoms with Crippen LogP contribution in [0, 0.1) is 0 Å². The van der Waals surface area contributed by atoms with Gasteiger partial charge < -0.3 is 15.0 Å². The highest BCUT2D eigenvalue weighted by atomic mass is 19.4. The van der Waals surface area contributed by atoms with E-state index in [0.717, 1.165) is 24.7 Å². The summed E-state index contributed by atoms with van der Waals surface area (Å²) in [5.41, 5.74) is 2.88. The maximum Gasteiger partial charge on any atom is 0.417 e. The van der Waals surface area contributed by atoms with Crippen LogP contribution in [-0.2, 0) is 11.0 Å². The minimum Gasteiger partial charge on any atom is -0.481 e. The number of likely N-dealkylation sites (tertiary alicyclic amines) is 1. The third-order valence-corrected chi connectivity index (χ3v) is 6.55. The number of nitrogens with zero attached hydrogens (tertiary/aromatic N) is 2. The lowest BCUT2D eigenvalue weighted by Gasteiger charge is -2.39. The molecule has 1 aliphatic rings. The van der Waals surface area contributed by atoms with Crippen LogP contribution in [0.25, 0.3) is 33.8 Å². The molecule has 1 aliphatic heterocycles. The van der Waals surface area contributed by atoms with Crippen molar-refractivity contribution >= 4 is 5.97 Å². The summed E-state index contributed by atoms with van der Waals surface area (Å²) >= 11 is 0. The fraction of sp³-hybridized carbons (Fsp3) is 0.214. The number of aromatic nitrogens is 2. The van der Waals surface area contributed by atoms with E-state index in [-0.39, 0.29) is 12.0 Å². The van der Waals surface area contributed by atoms with Crippen molar-refractivity contribution in [2.45, 2.75) is 18.5 Å². The van der Waals surface area contributed by atoms with Crippen LogP contribution in [0.4, 0.5) is 13.2 Å². The molecule has 2 heterocycles. The Bertz CT molecular complexity index is 1360. The summed E-state index contributed by atoms with van der Waals surface area (Å²) in [6, 6.07) is 20.8. The van der Waals surface area contributed by atoms with E-state index in [0.29, 0.717) is 35.1 Å². The first-order valence-electron chi connectivity index (χ1n) is 11.6. The molecule has 0 unspecified atom stereocenters. The summed E-state index contributed by atoms with van der Waals surface area (Å²) in [6.45, 7) is 2.22. The van der Waals surface area contributed by atoms with Crippen molar-refractivity contribution in [2.75, 3.05) is 19.6 Å². The van der Waals surface area contributed by atoms with Crippen LogP contribution in [0.1, 0.15) is 23.5 Å². The molecule has 2 N–H and O–H groups in total. The Kier molecular flexibility index (Phi) is 6.36. The van der Waals surface area contributed by atoms with Crippen molar-refractivity contribution in [1.82, 2.24) is 14.9 Å². The van der Waals surface area contributed by atoms with Gasteiger partial charge >= 0.3 is 12.1 Å². The summed E-state index contributed by atoms with van der Waals surface area (Å²) in [5.74, 6) is 0.153. The van der Waals surface area contributed by atoms with Crippen molar-refractivity contribution in [2.24, 2.45) is 0 Å². The van der Waals surface area contributed by atoms with Gasteiger partial charge in [-0.3, -0.25) is 4.79 Å². The summed E-state index contributed by atoms with van der Waals surface area (Å²) < 4.78 is 41.7. The molecule has 3 aromatic carbocycles. The Morgan fingerprint density at radius 2 is 1.67 bits per heavy atom. The Morgan fingerprint density at radius 1 is 0.972 bits per heavy atom. The topological polar surface area (TPSA) is 69.2 Å². The zero-order valence-electron chi connectivity index (χ0n) is 19.3. The first-order valence-corrected chi connectivity index (χ1v) is 11.6. The second-order valence-electron chi connectivity index (χ2n) is 8.99. The van der Waals surface area contributed by atoms with Gasteiger partial charge in [-0.15, -0.1) is 0 Å². The summed E-state index contributed by atoms with van der Waals surface area (Å²) in [5, 5.41) is 8.80. The zero-order valence-corrected chi connectivity index (χ0v) is 19.3. The number of imidazole rings is 1. The lowest BCUT2D eigenvalue weighted by Crippen LogP contribution is -2.45. The van der Waals surface area contributed by atoms with Gasteiger partial charge in [0.2, 0.25) is 0 Å². The van der Waals surface area contributed by atoms with Crippen molar-refractivity contribution in [1.29, 1.82) is 0 Å². The second kappa shape index (κ2) is 9.62. The highest BCUT2D eigenvalue weighted by molar-refractivity contribution is 5.74. The maximum atomic E-state index is 13.9. The van der Waals surface area contributed by atoms with E-state index in [1.54, 1.807) is 42.6 Å². The van der Waals surface area contributed by atoms with Crippen LogP contribution >= 0.6 is 0 Å². The molecule has 0 radical (unpaired) electrons. The minimum atomic E-state index is -4.50. The Labute approximate surface area is 206 Å². The first-order chi connectivity index (χ1) is 17.3. The summed E-state index contributed by atoms with van der Waals surface area (Å²) in [6.07, 6.45) is -2.80. The van der Waals surface area contributed by atoms with Gasteiger partial charge in [0.15, 0.2) is 0 Å². The van der Waals surface area contributed by atoms with E-state index in [4.69, 9.17) is 5.11 Å². The fourth-order valence-electron chi connectivity index (χ4n) is 4.56. The molecule has 5 nitrogen and oxygen atoms in total. The van der Waals surface area contributed by atoms with Crippen molar-refractivity contribution in [3.8, 4) is 33.8 Å². The van der Waals surface area contributed by atoms with Gasteiger partial charge in [-0.2, -0.15) is 13.2 Å². The number of halogens is 3. The van der Waals surface area contributed by atoms with Crippen LogP contribution < -0.4 is 0 Å². The average Bonchev–Trinajstić information content (AvgIpc) is 3.33. The molecule has 5 rings (SSSR count). The molecule has 4 aromatic rings. The average molecular weight is 492 g/mol. The molecular weight excluding hydrogens is 467 g/mol. The SMILES string of the molecule is O=C(O)CCN1CC(c2ccc(-c3ncc(-c4ccc(-c5ccccc5)c(C(F)(F)F)c4)[nH]3)cc2)C1. The molecule has 8 heteroatoms. The molecule has 0 aliphatic carbocycles. The number of rotatable bonds is 7. The number of carboxylic acid groups (broad SMARTS) is 1. The monoisotopic (exact) mass is 491 g/mol. The number of aliphatic carboxylic acids is 1. The number of carboxylic acids is 1. The third-order valence-electron chi connectivity index (χ3n) is 6.55. The fourth-order valence-corrected chi connectivity index (χ4v) is 4.56. The molecule has 0 amide bonds. The molecule has 0 saturated carbocycles. The number of hydrogen-bond donors (Lipinski definition) is 2. The van der Waals surface area contributed by atoms with Gasteiger partial charge in [0.05, 0.1) is 23.9 Å². The highest BCUT2D eigenvalue weighted by Crippen LogP contribution is 2.39. The van der Waals surface area contributed by atoms with E-state index in [1.165, 1.54) is 11.6 Å².